The molecular weight excluding hydrogens is 454 g/mol. The summed E-state index contributed by atoms with van der Waals surface area (Å²) < 4.78 is 0. The van der Waals surface area contributed by atoms with Gasteiger partial charge in [-0.15, -0.1) is 0 Å². The van der Waals surface area contributed by atoms with Crippen molar-refractivity contribution in [2.24, 2.45) is 0 Å². The molecule has 0 fully saturated rings. The lowest BCUT2D eigenvalue weighted by molar-refractivity contribution is 0.0951. The number of carbonyl (C=O) groups is 1. The summed E-state index contributed by atoms with van der Waals surface area (Å²) in [6.07, 6.45) is 3.47. The van der Waals surface area contributed by atoms with E-state index in [-0.39, 0.29) is 5.91 Å². The molecule has 0 spiro atoms. The molecule has 4 aromatic rings. The second kappa shape index (κ2) is 12.1. The number of benzene rings is 2. The van der Waals surface area contributed by atoms with E-state index in [1.165, 1.54) is 0 Å². The molecule has 0 bridgehead atoms. The van der Waals surface area contributed by atoms with Gasteiger partial charge in [-0.05, 0) is 43.2 Å². The normalized spacial score (nSPS) is 10.7. The van der Waals surface area contributed by atoms with E-state index in [9.17, 15) is 4.79 Å². The standard InChI is InChI=1S/C28H29N5OS/c1-3-33(4-2)26-17-25(23-10-6-5-7-11-23)31-28(32-26)35-20-21-12-14-24(15-13-21)27(34)30-19-22-9-8-16-29-18-22/h5-18H,3-4,19-20H2,1-2H3,(H,30,34). The molecule has 7 heteroatoms. The van der Waals surface area contributed by atoms with Crippen molar-refractivity contribution in [2.75, 3.05) is 18.0 Å². The van der Waals surface area contributed by atoms with Crippen molar-refractivity contribution in [3.63, 3.8) is 0 Å². The summed E-state index contributed by atoms with van der Waals surface area (Å²) in [5.74, 6) is 1.55. The van der Waals surface area contributed by atoms with Gasteiger partial charge in [0.25, 0.3) is 5.91 Å². The highest BCUT2D eigenvalue weighted by Gasteiger charge is 2.12. The predicted molar refractivity (Wildman–Crippen MR) is 142 cm³/mol. The van der Waals surface area contributed by atoms with Crippen molar-refractivity contribution in [3.8, 4) is 11.3 Å². The van der Waals surface area contributed by atoms with Crippen LogP contribution in [-0.2, 0) is 12.3 Å². The van der Waals surface area contributed by atoms with Crippen LogP contribution < -0.4 is 10.2 Å². The van der Waals surface area contributed by atoms with Gasteiger partial charge in [-0.2, -0.15) is 0 Å². The Bertz CT molecular complexity index is 1230. The van der Waals surface area contributed by atoms with Crippen molar-refractivity contribution in [3.05, 3.63) is 102 Å². The molecule has 0 aliphatic rings. The van der Waals surface area contributed by atoms with Gasteiger partial charge in [0, 0.05) is 55.0 Å². The van der Waals surface area contributed by atoms with E-state index < -0.39 is 0 Å². The topological polar surface area (TPSA) is 71.0 Å². The van der Waals surface area contributed by atoms with Crippen LogP contribution in [0.25, 0.3) is 11.3 Å². The van der Waals surface area contributed by atoms with E-state index in [0.29, 0.717) is 17.9 Å². The fraction of sp³-hybridized carbons (Fsp3) is 0.214. The van der Waals surface area contributed by atoms with Gasteiger partial charge in [0.15, 0.2) is 5.16 Å². The number of thioether (sulfide) groups is 1. The summed E-state index contributed by atoms with van der Waals surface area (Å²) in [7, 11) is 0. The first kappa shape index (κ1) is 24.4. The highest BCUT2D eigenvalue weighted by atomic mass is 32.2. The number of aromatic nitrogens is 3. The second-order valence-corrected chi connectivity index (χ2v) is 8.90. The Morgan fingerprint density at radius 2 is 1.69 bits per heavy atom. The van der Waals surface area contributed by atoms with Crippen molar-refractivity contribution >= 4 is 23.5 Å². The Balaban J connectivity index is 1.43. The maximum absolute atomic E-state index is 12.5. The number of hydrogen-bond acceptors (Lipinski definition) is 6. The first-order valence-electron chi connectivity index (χ1n) is 11.7. The summed E-state index contributed by atoms with van der Waals surface area (Å²) in [5, 5.41) is 3.68. The van der Waals surface area contributed by atoms with Gasteiger partial charge in [0.05, 0.1) is 5.69 Å². The Kier molecular flexibility index (Phi) is 8.46. The van der Waals surface area contributed by atoms with Gasteiger partial charge in [0.2, 0.25) is 0 Å². The Labute approximate surface area is 210 Å². The van der Waals surface area contributed by atoms with E-state index in [4.69, 9.17) is 9.97 Å². The highest BCUT2D eigenvalue weighted by molar-refractivity contribution is 7.98. The molecule has 0 atom stereocenters. The second-order valence-electron chi connectivity index (χ2n) is 7.96. The maximum Gasteiger partial charge on any atom is 0.251 e. The molecule has 0 radical (unpaired) electrons. The molecular formula is C28H29N5OS. The van der Waals surface area contributed by atoms with Crippen LogP contribution in [0.3, 0.4) is 0 Å². The number of pyridine rings is 1. The average Bonchev–Trinajstić information content (AvgIpc) is 2.92. The lowest BCUT2D eigenvalue weighted by Crippen LogP contribution is -2.23. The number of carbonyl (C=O) groups excluding carboxylic acids is 1. The van der Waals surface area contributed by atoms with E-state index in [1.54, 1.807) is 24.2 Å². The molecule has 1 amide bonds. The first-order valence-corrected chi connectivity index (χ1v) is 12.7. The quantitative estimate of drug-likeness (QED) is 0.234. The van der Waals surface area contributed by atoms with Crippen LogP contribution >= 0.6 is 11.8 Å². The Morgan fingerprint density at radius 1 is 0.914 bits per heavy atom. The molecule has 178 valence electrons. The zero-order chi connectivity index (χ0) is 24.5. The number of anilines is 1. The molecule has 0 saturated carbocycles. The molecule has 0 unspecified atom stereocenters. The van der Waals surface area contributed by atoms with Gasteiger partial charge in [-0.1, -0.05) is 60.3 Å². The average molecular weight is 484 g/mol. The van der Waals surface area contributed by atoms with Crippen LogP contribution in [-0.4, -0.2) is 33.9 Å². The summed E-state index contributed by atoms with van der Waals surface area (Å²) in [5.41, 5.74) is 4.71. The summed E-state index contributed by atoms with van der Waals surface area (Å²) in [4.78, 5) is 28.4. The number of nitrogens with zero attached hydrogens (tertiary/aromatic N) is 4. The number of nitrogens with one attached hydrogen (secondary N) is 1. The number of rotatable bonds is 10. The third kappa shape index (κ3) is 6.67. The van der Waals surface area contributed by atoms with E-state index >= 15 is 0 Å². The fourth-order valence-electron chi connectivity index (χ4n) is 3.63. The third-order valence-electron chi connectivity index (χ3n) is 5.61. The predicted octanol–water partition coefficient (Wildman–Crippen LogP) is 5.61. The van der Waals surface area contributed by atoms with Crippen LogP contribution in [0.2, 0.25) is 0 Å². The SMILES string of the molecule is CCN(CC)c1cc(-c2ccccc2)nc(SCc2ccc(C(=O)NCc3cccnc3)cc2)n1. The monoisotopic (exact) mass is 483 g/mol. The van der Waals surface area contributed by atoms with Crippen molar-refractivity contribution in [1.82, 2.24) is 20.3 Å². The van der Waals surface area contributed by atoms with Crippen molar-refractivity contribution in [1.29, 1.82) is 0 Å². The molecule has 0 aliphatic heterocycles. The highest BCUT2D eigenvalue weighted by Crippen LogP contribution is 2.27. The molecule has 35 heavy (non-hydrogen) atoms. The molecule has 0 saturated heterocycles. The largest absolute Gasteiger partial charge is 0.357 e. The fourth-order valence-corrected chi connectivity index (χ4v) is 4.44. The molecule has 6 nitrogen and oxygen atoms in total. The van der Waals surface area contributed by atoms with Gasteiger partial charge >= 0.3 is 0 Å². The lowest BCUT2D eigenvalue weighted by Gasteiger charge is -2.21. The first-order chi connectivity index (χ1) is 17.2. The van der Waals surface area contributed by atoms with E-state index in [2.05, 4.69) is 47.2 Å². The lowest BCUT2D eigenvalue weighted by atomic mass is 10.1. The van der Waals surface area contributed by atoms with Crippen LogP contribution in [0.4, 0.5) is 5.82 Å². The summed E-state index contributed by atoms with van der Waals surface area (Å²) in [6.45, 7) is 6.49. The van der Waals surface area contributed by atoms with Crippen LogP contribution in [0.15, 0.2) is 90.3 Å². The summed E-state index contributed by atoms with van der Waals surface area (Å²) in [6, 6.07) is 23.7. The van der Waals surface area contributed by atoms with E-state index in [0.717, 1.165) is 46.4 Å². The molecule has 2 heterocycles. The summed E-state index contributed by atoms with van der Waals surface area (Å²) >= 11 is 1.60. The van der Waals surface area contributed by atoms with Crippen molar-refractivity contribution < 1.29 is 4.79 Å². The van der Waals surface area contributed by atoms with Gasteiger partial charge in [-0.25, -0.2) is 9.97 Å². The van der Waals surface area contributed by atoms with Gasteiger partial charge < -0.3 is 10.2 Å². The Hall–Kier alpha value is -3.71. The minimum atomic E-state index is -0.101. The molecule has 2 aromatic carbocycles. The maximum atomic E-state index is 12.5. The van der Waals surface area contributed by atoms with Gasteiger partial charge in [-0.3, -0.25) is 9.78 Å². The minimum Gasteiger partial charge on any atom is -0.357 e. The van der Waals surface area contributed by atoms with Crippen LogP contribution in [0.1, 0.15) is 35.3 Å². The zero-order valence-corrected chi connectivity index (χ0v) is 20.8. The zero-order valence-electron chi connectivity index (χ0n) is 20.0. The van der Waals surface area contributed by atoms with Crippen molar-refractivity contribution in [2.45, 2.75) is 31.3 Å². The Morgan fingerprint density at radius 3 is 2.37 bits per heavy atom. The number of hydrogen-bond donors (Lipinski definition) is 1. The minimum absolute atomic E-state index is 0.101. The molecule has 2 aromatic heterocycles. The number of amides is 1. The third-order valence-corrected chi connectivity index (χ3v) is 6.53. The van der Waals surface area contributed by atoms with E-state index in [1.807, 2.05) is 54.6 Å². The molecule has 0 aliphatic carbocycles. The van der Waals surface area contributed by atoms with Gasteiger partial charge in [0.1, 0.15) is 5.82 Å². The smallest absolute Gasteiger partial charge is 0.251 e. The molecule has 1 N–H and O–H groups in total. The molecule has 4 rings (SSSR count). The van der Waals surface area contributed by atoms with Crippen LogP contribution in [0, 0.1) is 0 Å². The van der Waals surface area contributed by atoms with Crippen LogP contribution in [0.5, 0.6) is 0 Å².